The zero-order valence-corrected chi connectivity index (χ0v) is 11.7. The van der Waals surface area contributed by atoms with Crippen molar-refractivity contribution in [3.63, 3.8) is 0 Å². The molecule has 2 aromatic rings. The first-order valence-electron chi connectivity index (χ1n) is 6.65. The largest absolute Gasteiger partial charge is 0.491 e. The zero-order chi connectivity index (χ0) is 14.5. The van der Waals surface area contributed by atoms with E-state index in [-0.39, 0.29) is 5.56 Å². The van der Waals surface area contributed by atoms with Crippen LogP contribution < -0.4 is 10.3 Å². The number of benzene rings is 1. The molecule has 0 spiro atoms. The van der Waals surface area contributed by atoms with Crippen LogP contribution in [-0.2, 0) is 6.54 Å². The van der Waals surface area contributed by atoms with Gasteiger partial charge in [0.25, 0.3) is 5.56 Å². The number of aromatic nitrogens is 1. The quantitative estimate of drug-likeness (QED) is 0.909. The molecule has 1 unspecified atom stereocenters. The second-order valence-corrected chi connectivity index (χ2v) is 4.80. The minimum Gasteiger partial charge on any atom is -0.491 e. The van der Waals surface area contributed by atoms with Crippen molar-refractivity contribution in [1.82, 2.24) is 4.57 Å². The van der Waals surface area contributed by atoms with Gasteiger partial charge in [-0.1, -0.05) is 17.7 Å². The number of aliphatic hydroxyl groups excluding tert-OH is 1. The van der Waals surface area contributed by atoms with E-state index in [1.54, 1.807) is 23.8 Å². The molecule has 1 aromatic carbocycles. The predicted molar refractivity (Wildman–Crippen MR) is 78.0 cm³/mol. The maximum Gasteiger partial charge on any atom is 0.250 e. The van der Waals surface area contributed by atoms with Crippen LogP contribution in [0.25, 0.3) is 0 Å². The summed E-state index contributed by atoms with van der Waals surface area (Å²) in [5.41, 5.74) is 1.80. The molecule has 106 valence electrons. The molecule has 0 saturated heterocycles. The molecule has 1 N–H and O–H groups in total. The van der Waals surface area contributed by atoms with Gasteiger partial charge in [-0.3, -0.25) is 4.79 Å². The van der Waals surface area contributed by atoms with Crippen molar-refractivity contribution >= 4 is 0 Å². The summed E-state index contributed by atoms with van der Waals surface area (Å²) in [7, 11) is 0. The van der Waals surface area contributed by atoms with Crippen LogP contribution >= 0.6 is 0 Å². The van der Waals surface area contributed by atoms with Crippen molar-refractivity contribution in [2.24, 2.45) is 0 Å². The predicted octanol–water partition coefficient (Wildman–Crippen LogP) is 2.29. The topological polar surface area (TPSA) is 51.5 Å². The van der Waals surface area contributed by atoms with Gasteiger partial charge in [0.05, 0.1) is 12.6 Å². The Morgan fingerprint density at radius 3 is 2.80 bits per heavy atom. The lowest BCUT2D eigenvalue weighted by Gasteiger charge is -2.14. The fourth-order valence-corrected chi connectivity index (χ4v) is 2.03. The summed E-state index contributed by atoms with van der Waals surface area (Å²) >= 11 is 0. The summed E-state index contributed by atoms with van der Waals surface area (Å²) < 4.78 is 7.29. The number of hydrogen-bond acceptors (Lipinski definition) is 3. The summed E-state index contributed by atoms with van der Waals surface area (Å²) in [6, 6.07) is 10.8. The van der Waals surface area contributed by atoms with Crippen LogP contribution in [0.15, 0.2) is 47.4 Å². The minimum absolute atomic E-state index is 0.0456. The molecule has 0 aliphatic carbocycles. The molecule has 0 aliphatic heterocycles. The zero-order valence-electron chi connectivity index (χ0n) is 11.7. The Labute approximate surface area is 118 Å². The number of nitrogens with zero attached hydrogens (tertiary/aromatic N) is 1. The van der Waals surface area contributed by atoms with Gasteiger partial charge in [-0.25, -0.2) is 0 Å². The lowest BCUT2D eigenvalue weighted by Crippen LogP contribution is -2.21. The highest BCUT2D eigenvalue weighted by molar-refractivity contribution is 5.38. The molecule has 1 atom stereocenters. The SMILES string of the molecule is Cc1ccc(OCCn2ccccc2=O)c(C(C)O)c1. The number of rotatable bonds is 5. The van der Waals surface area contributed by atoms with E-state index in [0.29, 0.717) is 18.9 Å². The highest BCUT2D eigenvalue weighted by atomic mass is 16.5. The number of ether oxygens (including phenoxy) is 1. The summed E-state index contributed by atoms with van der Waals surface area (Å²) in [6.07, 6.45) is 1.15. The van der Waals surface area contributed by atoms with Gasteiger partial charge >= 0.3 is 0 Å². The molecule has 4 nitrogen and oxygen atoms in total. The first-order valence-corrected chi connectivity index (χ1v) is 6.65. The number of aliphatic hydroxyl groups is 1. The first-order chi connectivity index (χ1) is 9.58. The normalized spacial score (nSPS) is 12.2. The molecule has 1 heterocycles. The Bertz CT molecular complexity index is 632. The smallest absolute Gasteiger partial charge is 0.250 e. The first kappa shape index (κ1) is 14.3. The summed E-state index contributed by atoms with van der Waals surface area (Å²) in [4.78, 5) is 11.5. The molecule has 0 fully saturated rings. The Balaban J connectivity index is 2.05. The summed E-state index contributed by atoms with van der Waals surface area (Å²) in [5, 5.41) is 9.75. The van der Waals surface area contributed by atoms with E-state index in [4.69, 9.17) is 4.74 Å². The second-order valence-electron chi connectivity index (χ2n) is 4.80. The highest BCUT2D eigenvalue weighted by Gasteiger charge is 2.09. The minimum atomic E-state index is -0.579. The van der Waals surface area contributed by atoms with Gasteiger partial charge in [0, 0.05) is 17.8 Å². The average Bonchev–Trinajstić information content (AvgIpc) is 2.42. The third kappa shape index (κ3) is 3.48. The molecule has 0 bridgehead atoms. The number of aryl methyl sites for hydroxylation is 1. The lowest BCUT2D eigenvalue weighted by molar-refractivity contribution is 0.190. The van der Waals surface area contributed by atoms with E-state index in [9.17, 15) is 9.90 Å². The van der Waals surface area contributed by atoms with Gasteiger partial charge in [-0.2, -0.15) is 0 Å². The molecule has 0 aliphatic rings. The van der Waals surface area contributed by atoms with Crippen LogP contribution in [0.1, 0.15) is 24.2 Å². The van der Waals surface area contributed by atoms with Crippen LogP contribution in [0.4, 0.5) is 0 Å². The fraction of sp³-hybridized carbons (Fsp3) is 0.312. The van der Waals surface area contributed by atoms with Crippen molar-refractivity contribution in [3.05, 3.63) is 64.1 Å². The Morgan fingerprint density at radius 1 is 1.30 bits per heavy atom. The van der Waals surface area contributed by atoms with Crippen LogP contribution in [0, 0.1) is 6.92 Å². The van der Waals surface area contributed by atoms with Crippen LogP contribution in [0.5, 0.6) is 5.75 Å². The van der Waals surface area contributed by atoms with Gasteiger partial charge in [0.2, 0.25) is 0 Å². The van der Waals surface area contributed by atoms with Crippen molar-refractivity contribution < 1.29 is 9.84 Å². The fourth-order valence-electron chi connectivity index (χ4n) is 2.03. The monoisotopic (exact) mass is 273 g/mol. The summed E-state index contributed by atoms with van der Waals surface area (Å²) in [5.74, 6) is 0.662. The maximum absolute atomic E-state index is 11.5. The Hall–Kier alpha value is -2.07. The van der Waals surface area contributed by atoms with Gasteiger partial charge < -0.3 is 14.4 Å². The van der Waals surface area contributed by atoms with E-state index >= 15 is 0 Å². The number of pyridine rings is 1. The van der Waals surface area contributed by atoms with E-state index in [1.807, 2.05) is 31.2 Å². The maximum atomic E-state index is 11.5. The average molecular weight is 273 g/mol. The molecule has 0 radical (unpaired) electrons. The molecule has 0 amide bonds. The lowest BCUT2D eigenvalue weighted by atomic mass is 10.1. The van der Waals surface area contributed by atoms with Gasteiger partial charge in [0.1, 0.15) is 12.4 Å². The second kappa shape index (κ2) is 6.39. The molecular formula is C16H19NO3. The van der Waals surface area contributed by atoms with Crippen LogP contribution in [-0.4, -0.2) is 16.3 Å². The molecule has 0 saturated carbocycles. The Morgan fingerprint density at radius 2 is 2.10 bits per heavy atom. The van der Waals surface area contributed by atoms with Gasteiger partial charge in [-0.15, -0.1) is 0 Å². The third-order valence-electron chi connectivity index (χ3n) is 3.10. The van der Waals surface area contributed by atoms with E-state index in [2.05, 4.69) is 0 Å². The molecule has 4 heteroatoms. The third-order valence-corrected chi connectivity index (χ3v) is 3.10. The van der Waals surface area contributed by atoms with Crippen molar-refractivity contribution in [1.29, 1.82) is 0 Å². The summed E-state index contributed by atoms with van der Waals surface area (Å²) in [6.45, 7) is 4.54. The number of hydrogen-bond donors (Lipinski definition) is 1. The van der Waals surface area contributed by atoms with Gasteiger partial charge in [0.15, 0.2) is 0 Å². The van der Waals surface area contributed by atoms with E-state index in [1.165, 1.54) is 6.07 Å². The van der Waals surface area contributed by atoms with Gasteiger partial charge in [-0.05, 0) is 32.0 Å². The molecule has 1 aromatic heterocycles. The molecule has 20 heavy (non-hydrogen) atoms. The molecule has 2 rings (SSSR count). The molecular weight excluding hydrogens is 254 g/mol. The van der Waals surface area contributed by atoms with E-state index < -0.39 is 6.10 Å². The van der Waals surface area contributed by atoms with Crippen LogP contribution in [0.3, 0.4) is 0 Å². The van der Waals surface area contributed by atoms with Crippen LogP contribution in [0.2, 0.25) is 0 Å². The van der Waals surface area contributed by atoms with Crippen molar-refractivity contribution in [3.8, 4) is 5.75 Å². The van der Waals surface area contributed by atoms with Crippen molar-refractivity contribution in [2.45, 2.75) is 26.5 Å². The van der Waals surface area contributed by atoms with Crippen molar-refractivity contribution in [2.75, 3.05) is 6.61 Å². The standard InChI is InChI=1S/C16H19NO3/c1-12-6-7-15(14(11-12)13(2)18)20-10-9-17-8-4-3-5-16(17)19/h3-8,11,13,18H,9-10H2,1-2H3. The van der Waals surface area contributed by atoms with E-state index in [0.717, 1.165) is 11.1 Å². The Kier molecular flexibility index (Phi) is 4.58. The highest BCUT2D eigenvalue weighted by Crippen LogP contribution is 2.26.